The molecule has 0 saturated carbocycles. The van der Waals surface area contributed by atoms with Crippen LogP contribution in [0, 0.1) is 0 Å². The summed E-state index contributed by atoms with van der Waals surface area (Å²) >= 11 is 0. The number of benzene rings is 3. The summed E-state index contributed by atoms with van der Waals surface area (Å²) in [6.07, 6.45) is 1.93. The number of hydrogen-bond donors (Lipinski definition) is 1. The van der Waals surface area contributed by atoms with Crippen LogP contribution < -0.4 is 4.74 Å². The van der Waals surface area contributed by atoms with Crippen LogP contribution in [0.15, 0.2) is 106 Å². The summed E-state index contributed by atoms with van der Waals surface area (Å²) < 4.78 is 5.38. The van der Waals surface area contributed by atoms with E-state index >= 15 is 0 Å². The molecule has 0 fully saturated rings. The number of Topliss-reactive ketones (excluding diaryl/α,β-unsaturated/α-hetero) is 1. The first-order chi connectivity index (χ1) is 15.2. The molecule has 0 radical (unpaired) electrons. The maximum Gasteiger partial charge on any atom is 0.199 e. The first-order valence-electron chi connectivity index (χ1n) is 10.1. The second-order valence-electron chi connectivity index (χ2n) is 7.52. The summed E-state index contributed by atoms with van der Waals surface area (Å²) in [4.78, 5) is 13.0. The summed E-state index contributed by atoms with van der Waals surface area (Å²) in [5, 5.41) is 19.8. The number of carbonyl (C=O) groups excluding carboxylic acids is 1. The predicted molar refractivity (Wildman–Crippen MR) is 118 cm³/mol. The molecule has 5 nitrogen and oxygen atoms in total. The van der Waals surface area contributed by atoms with Gasteiger partial charge in [0.05, 0.1) is 18.4 Å². The molecule has 3 aromatic rings. The highest BCUT2D eigenvalue weighted by molar-refractivity contribution is 6.22. The van der Waals surface area contributed by atoms with Crippen LogP contribution in [0.4, 0.5) is 0 Å². The van der Waals surface area contributed by atoms with Crippen LogP contribution in [0.25, 0.3) is 5.76 Å². The Labute approximate surface area is 180 Å². The van der Waals surface area contributed by atoms with Crippen molar-refractivity contribution in [1.29, 1.82) is 0 Å². The Hall–Kier alpha value is -3.99. The maximum absolute atomic E-state index is 13.0. The van der Waals surface area contributed by atoms with Gasteiger partial charge < -0.3 is 9.84 Å². The number of ketones is 1. The normalized spacial score (nSPS) is 19.9. The Morgan fingerprint density at radius 3 is 2.32 bits per heavy atom. The number of hydrogen-bond acceptors (Lipinski definition) is 5. The molecule has 0 saturated heterocycles. The molecule has 0 aromatic heterocycles. The van der Waals surface area contributed by atoms with Gasteiger partial charge >= 0.3 is 0 Å². The second kappa shape index (κ2) is 7.69. The highest BCUT2D eigenvalue weighted by atomic mass is 16.5. The highest BCUT2D eigenvalue weighted by Gasteiger charge is 2.35. The number of fused-ring (bicyclic) bond motifs is 1. The van der Waals surface area contributed by atoms with Gasteiger partial charge in [-0.15, -0.1) is 0 Å². The molecule has 3 aromatic carbocycles. The molecule has 152 valence electrons. The molecular weight excluding hydrogens is 388 g/mol. The van der Waals surface area contributed by atoms with E-state index in [1.807, 2.05) is 60.7 Å². The molecule has 1 aliphatic carbocycles. The van der Waals surface area contributed by atoms with E-state index in [4.69, 9.17) is 4.74 Å². The van der Waals surface area contributed by atoms with Crippen molar-refractivity contribution in [3.8, 4) is 5.75 Å². The largest absolute Gasteiger partial charge is 0.506 e. The Morgan fingerprint density at radius 1 is 0.871 bits per heavy atom. The van der Waals surface area contributed by atoms with Gasteiger partial charge in [0.15, 0.2) is 5.78 Å². The van der Waals surface area contributed by atoms with E-state index in [9.17, 15) is 9.90 Å². The first-order valence-corrected chi connectivity index (χ1v) is 10.1. The number of azo groups is 1. The number of ether oxygens (including phenoxy) is 1. The Bertz CT molecular complexity index is 1260. The molecule has 1 heterocycles. The molecule has 0 amide bonds. The molecule has 0 spiro atoms. The van der Waals surface area contributed by atoms with Crippen molar-refractivity contribution in [2.24, 2.45) is 10.2 Å². The molecule has 1 N–H and O–H groups in total. The van der Waals surface area contributed by atoms with Gasteiger partial charge in [0, 0.05) is 17.0 Å². The fraction of sp³-hybridized carbons (Fsp3) is 0.115. The van der Waals surface area contributed by atoms with Gasteiger partial charge in [-0.3, -0.25) is 4.79 Å². The average molecular weight is 408 g/mol. The van der Waals surface area contributed by atoms with Gasteiger partial charge in [-0.25, -0.2) is 0 Å². The van der Waals surface area contributed by atoms with Crippen LogP contribution in [-0.4, -0.2) is 18.0 Å². The lowest BCUT2D eigenvalue weighted by molar-refractivity contribution is 0.103. The maximum atomic E-state index is 13.0. The van der Waals surface area contributed by atoms with Crippen molar-refractivity contribution in [3.63, 3.8) is 0 Å². The molecule has 0 unspecified atom stereocenters. The third-order valence-electron chi connectivity index (χ3n) is 5.73. The van der Waals surface area contributed by atoms with Gasteiger partial charge in [0.25, 0.3) is 0 Å². The zero-order valence-electron chi connectivity index (χ0n) is 16.9. The van der Waals surface area contributed by atoms with Crippen molar-refractivity contribution in [2.75, 3.05) is 7.11 Å². The minimum absolute atomic E-state index is 0.0440. The zero-order valence-corrected chi connectivity index (χ0v) is 16.9. The SMILES string of the molecule is COc1cccc([C@H]2N=NC(C3=C(O)c4ccccc4C3=O)=C[C@@H]2c2ccccc2)c1. The number of aliphatic hydroxyl groups is 1. The Morgan fingerprint density at radius 2 is 1.58 bits per heavy atom. The van der Waals surface area contributed by atoms with E-state index in [0.717, 1.165) is 16.9 Å². The number of allylic oxidation sites excluding steroid dienone is 1. The van der Waals surface area contributed by atoms with Crippen LogP contribution >= 0.6 is 0 Å². The van der Waals surface area contributed by atoms with Crippen LogP contribution in [0.3, 0.4) is 0 Å². The molecule has 1 aliphatic heterocycles. The smallest absolute Gasteiger partial charge is 0.199 e. The fourth-order valence-corrected chi connectivity index (χ4v) is 4.18. The minimum atomic E-state index is -0.275. The number of carbonyl (C=O) groups is 1. The lowest BCUT2D eigenvalue weighted by Crippen LogP contribution is -2.13. The van der Waals surface area contributed by atoms with Crippen molar-refractivity contribution in [2.45, 2.75) is 12.0 Å². The number of rotatable bonds is 4. The van der Waals surface area contributed by atoms with Crippen LogP contribution in [-0.2, 0) is 0 Å². The molecule has 2 aliphatic rings. The van der Waals surface area contributed by atoms with E-state index in [1.165, 1.54) is 0 Å². The average Bonchev–Trinajstić information content (AvgIpc) is 3.09. The van der Waals surface area contributed by atoms with Gasteiger partial charge in [0.2, 0.25) is 0 Å². The third kappa shape index (κ3) is 3.24. The monoisotopic (exact) mass is 408 g/mol. The second-order valence-corrected chi connectivity index (χ2v) is 7.52. The lowest BCUT2D eigenvalue weighted by Gasteiger charge is -2.25. The van der Waals surface area contributed by atoms with E-state index in [1.54, 1.807) is 31.4 Å². The van der Waals surface area contributed by atoms with Crippen molar-refractivity contribution < 1.29 is 14.6 Å². The predicted octanol–water partition coefficient (Wildman–Crippen LogP) is 6.04. The van der Waals surface area contributed by atoms with E-state index in [-0.39, 0.29) is 29.1 Å². The number of methoxy groups -OCH3 is 1. The quantitative estimate of drug-likeness (QED) is 0.572. The molecule has 0 bridgehead atoms. The summed E-state index contributed by atoms with van der Waals surface area (Å²) in [7, 11) is 1.63. The van der Waals surface area contributed by atoms with Gasteiger partial charge in [0.1, 0.15) is 17.6 Å². The Balaban J connectivity index is 1.60. The summed E-state index contributed by atoms with van der Waals surface area (Å²) in [6.45, 7) is 0. The van der Waals surface area contributed by atoms with Crippen molar-refractivity contribution in [1.82, 2.24) is 0 Å². The number of aliphatic hydroxyl groups excluding tert-OH is 1. The van der Waals surface area contributed by atoms with Crippen molar-refractivity contribution in [3.05, 3.63) is 118 Å². The standard InChI is InChI=1S/C26H20N2O3/c1-31-18-11-7-10-17(14-18)24-21(16-8-3-2-4-9-16)15-22(27-28-24)23-25(29)19-12-5-6-13-20(19)26(23)30/h2-15,21,24,29H,1H3/t21-,24-/m1/s1. The van der Waals surface area contributed by atoms with E-state index in [2.05, 4.69) is 10.2 Å². The summed E-state index contributed by atoms with van der Waals surface area (Å²) in [5.41, 5.74) is 3.63. The molecule has 31 heavy (non-hydrogen) atoms. The van der Waals surface area contributed by atoms with E-state index < -0.39 is 0 Å². The van der Waals surface area contributed by atoms with Crippen LogP contribution in [0.5, 0.6) is 5.75 Å². The number of nitrogens with zero attached hydrogens (tertiary/aromatic N) is 2. The topological polar surface area (TPSA) is 71.2 Å². The summed E-state index contributed by atoms with van der Waals surface area (Å²) in [5.74, 6) is 0.316. The molecule has 5 rings (SSSR count). The van der Waals surface area contributed by atoms with Crippen LogP contribution in [0.2, 0.25) is 0 Å². The summed E-state index contributed by atoms with van der Waals surface area (Å²) in [6, 6.07) is 24.5. The molecule has 2 atom stereocenters. The van der Waals surface area contributed by atoms with Gasteiger partial charge in [-0.05, 0) is 29.3 Å². The third-order valence-corrected chi connectivity index (χ3v) is 5.73. The van der Waals surface area contributed by atoms with Gasteiger partial charge in [-0.1, -0.05) is 66.7 Å². The fourth-order valence-electron chi connectivity index (χ4n) is 4.18. The highest BCUT2D eigenvalue weighted by Crippen LogP contribution is 2.44. The van der Waals surface area contributed by atoms with Crippen LogP contribution in [0.1, 0.15) is 39.0 Å². The Kier molecular flexibility index (Phi) is 4.71. The first kappa shape index (κ1) is 19.0. The van der Waals surface area contributed by atoms with Gasteiger partial charge in [-0.2, -0.15) is 10.2 Å². The van der Waals surface area contributed by atoms with Crippen molar-refractivity contribution >= 4 is 11.5 Å². The zero-order chi connectivity index (χ0) is 21.4. The molecule has 5 heteroatoms. The van der Waals surface area contributed by atoms with E-state index in [0.29, 0.717) is 16.8 Å². The lowest BCUT2D eigenvalue weighted by atomic mass is 9.85. The minimum Gasteiger partial charge on any atom is -0.506 e. The molecular formula is C26H20N2O3.